The molecule has 0 aliphatic rings. The number of nitrogens with zero attached hydrogens (tertiary/aromatic N) is 3. The second-order valence-corrected chi connectivity index (χ2v) is 6.34. The number of nitrogens with one attached hydrogen (secondary N) is 1. The number of carbonyl (C=O) groups is 1. The van der Waals surface area contributed by atoms with E-state index in [1.807, 2.05) is 67.7 Å². The fourth-order valence-electron chi connectivity index (χ4n) is 2.45. The van der Waals surface area contributed by atoms with Gasteiger partial charge in [-0.1, -0.05) is 29.8 Å². The van der Waals surface area contributed by atoms with Crippen molar-refractivity contribution in [1.82, 2.24) is 9.78 Å². The summed E-state index contributed by atoms with van der Waals surface area (Å²) in [5.41, 5.74) is 3.35. The van der Waals surface area contributed by atoms with E-state index in [-0.39, 0.29) is 5.91 Å². The topological polar surface area (TPSA) is 50.2 Å². The lowest BCUT2D eigenvalue weighted by Gasteiger charge is -2.15. The maximum absolute atomic E-state index is 12.1. The Kier molecular flexibility index (Phi) is 5.39. The summed E-state index contributed by atoms with van der Waals surface area (Å²) < 4.78 is 1.76. The Labute approximate surface area is 157 Å². The van der Waals surface area contributed by atoms with Gasteiger partial charge in [-0.25, -0.2) is 4.68 Å². The van der Waals surface area contributed by atoms with Crippen LogP contribution in [0.4, 0.5) is 11.4 Å². The van der Waals surface area contributed by atoms with Crippen molar-refractivity contribution in [3.63, 3.8) is 0 Å². The van der Waals surface area contributed by atoms with Crippen LogP contribution in [0.2, 0.25) is 5.02 Å². The lowest BCUT2D eigenvalue weighted by Crippen LogP contribution is -2.11. The molecule has 0 spiro atoms. The molecule has 6 heteroatoms. The van der Waals surface area contributed by atoms with E-state index in [0.717, 1.165) is 16.9 Å². The van der Waals surface area contributed by atoms with Crippen molar-refractivity contribution in [3.8, 4) is 5.69 Å². The van der Waals surface area contributed by atoms with Crippen molar-refractivity contribution < 1.29 is 4.79 Å². The van der Waals surface area contributed by atoms with Gasteiger partial charge in [0.25, 0.3) is 0 Å². The van der Waals surface area contributed by atoms with E-state index in [1.165, 1.54) is 6.08 Å². The highest BCUT2D eigenvalue weighted by molar-refractivity contribution is 6.33. The summed E-state index contributed by atoms with van der Waals surface area (Å²) in [4.78, 5) is 14.0. The summed E-state index contributed by atoms with van der Waals surface area (Å²) in [6.45, 7) is 0. The van der Waals surface area contributed by atoms with Gasteiger partial charge in [0, 0.05) is 37.6 Å². The van der Waals surface area contributed by atoms with Gasteiger partial charge in [-0.15, -0.1) is 0 Å². The largest absolute Gasteiger partial charge is 0.376 e. The Hall–Kier alpha value is -3.05. The fourth-order valence-corrected chi connectivity index (χ4v) is 2.80. The smallest absolute Gasteiger partial charge is 0.248 e. The van der Waals surface area contributed by atoms with Crippen molar-refractivity contribution in [2.45, 2.75) is 0 Å². The van der Waals surface area contributed by atoms with E-state index in [2.05, 4.69) is 10.4 Å². The zero-order valence-electron chi connectivity index (χ0n) is 14.6. The van der Waals surface area contributed by atoms with Gasteiger partial charge in [0.2, 0.25) is 5.91 Å². The van der Waals surface area contributed by atoms with Crippen LogP contribution in [0, 0.1) is 0 Å². The molecule has 0 unspecified atom stereocenters. The van der Waals surface area contributed by atoms with Crippen molar-refractivity contribution in [3.05, 3.63) is 77.6 Å². The van der Waals surface area contributed by atoms with Crippen LogP contribution in [-0.2, 0) is 4.79 Å². The minimum atomic E-state index is -0.230. The van der Waals surface area contributed by atoms with Crippen LogP contribution in [0.5, 0.6) is 0 Å². The summed E-state index contributed by atoms with van der Waals surface area (Å²) in [7, 11) is 3.83. The number of benzene rings is 2. The third-order valence-corrected chi connectivity index (χ3v) is 4.05. The summed E-state index contributed by atoms with van der Waals surface area (Å²) >= 11 is 6.22. The molecule has 3 rings (SSSR count). The van der Waals surface area contributed by atoms with E-state index in [1.54, 1.807) is 23.0 Å². The Balaban J connectivity index is 1.65. The predicted octanol–water partition coefficient (Wildman–Crippen LogP) is 4.24. The van der Waals surface area contributed by atoms with E-state index < -0.39 is 0 Å². The summed E-state index contributed by atoms with van der Waals surface area (Å²) in [6.07, 6.45) is 6.76. The summed E-state index contributed by atoms with van der Waals surface area (Å²) in [5, 5.41) is 7.68. The number of anilines is 2. The molecule has 0 saturated heterocycles. The number of halogens is 1. The molecule has 0 bridgehead atoms. The van der Waals surface area contributed by atoms with Crippen molar-refractivity contribution in [2.24, 2.45) is 0 Å². The molecule has 0 aliphatic heterocycles. The van der Waals surface area contributed by atoms with E-state index in [9.17, 15) is 4.79 Å². The Bertz CT molecular complexity index is 932. The second-order valence-electron chi connectivity index (χ2n) is 5.94. The number of rotatable bonds is 5. The molecule has 3 aromatic rings. The van der Waals surface area contributed by atoms with Crippen molar-refractivity contribution >= 4 is 35.0 Å². The van der Waals surface area contributed by atoms with Crippen molar-refractivity contribution in [2.75, 3.05) is 24.3 Å². The van der Waals surface area contributed by atoms with Crippen LogP contribution in [0.3, 0.4) is 0 Å². The van der Waals surface area contributed by atoms with Crippen LogP contribution in [0.1, 0.15) is 5.56 Å². The van der Waals surface area contributed by atoms with Gasteiger partial charge >= 0.3 is 0 Å². The lowest BCUT2D eigenvalue weighted by atomic mass is 10.2. The maximum Gasteiger partial charge on any atom is 0.248 e. The Morgan fingerprint density at radius 3 is 2.65 bits per heavy atom. The van der Waals surface area contributed by atoms with Gasteiger partial charge in [0.1, 0.15) is 0 Å². The SMILES string of the molecule is CN(C)c1ccc(NC(=O)C=Cc2cnn(-c3ccccc3)c2)cc1Cl. The van der Waals surface area contributed by atoms with Crippen LogP contribution >= 0.6 is 11.6 Å². The van der Waals surface area contributed by atoms with Gasteiger partial charge in [-0.3, -0.25) is 4.79 Å². The lowest BCUT2D eigenvalue weighted by molar-refractivity contribution is -0.111. The predicted molar refractivity (Wildman–Crippen MR) is 107 cm³/mol. The number of hydrogen-bond donors (Lipinski definition) is 1. The highest BCUT2D eigenvalue weighted by Gasteiger charge is 2.05. The first-order valence-electron chi connectivity index (χ1n) is 8.09. The second kappa shape index (κ2) is 7.89. The zero-order chi connectivity index (χ0) is 18.5. The standard InChI is InChI=1S/C20H19ClN4O/c1-24(2)19-10-9-16(12-18(19)21)23-20(26)11-8-15-13-22-25(14-15)17-6-4-3-5-7-17/h3-14H,1-2H3,(H,23,26). The van der Waals surface area contributed by atoms with Crippen LogP contribution in [-0.4, -0.2) is 29.8 Å². The quantitative estimate of drug-likeness (QED) is 0.687. The summed E-state index contributed by atoms with van der Waals surface area (Å²) in [6, 6.07) is 15.2. The molecule has 26 heavy (non-hydrogen) atoms. The van der Waals surface area contributed by atoms with Gasteiger partial charge in [-0.05, 0) is 36.4 Å². The van der Waals surface area contributed by atoms with Gasteiger partial charge in [0.05, 0.1) is 22.6 Å². The van der Waals surface area contributed by atoms with Gasteiger partial charge < -0.3 is 10.2 Å². The molecule has 1 aromatic heterocycles. The van der Waals surface area contributed by atoms with Crippen LogP contribution < -0.4 is 10.2 Å². The number of carbonyl (C=O) groups excluding carboxylic acids is 1. The average Bonchev–Trinajstić information content (AvgIpc) is 3.09. The average molecular weight is 367 g/mol. The molecule has 5 nitrogen and oxygen atoms in total. The molecule has 0 radical (unpaired) electrons. The molecule has 132 valence electrons. The minimum absolute atomic E-state index is 0.230. The van der Waals surface area contributed by atoms with Crippen molar-refractivity contribution in [1.29, 1.82) is 0 Å². The molecule has 1 N–H and O–H groups in total. The zero-order valence-corrected chi connectivity index (χ0v) is 15.3. The molecular weight excluding hydrogens is 348 g/mol. The normalized spacial score (nSPS) is 10.9. The van der Waals surface area contributed by atoms with E-state index in [0.29, 0.717) is 10.7 Å². The van der Waals surface area contributed by atoms with E-state index >= 15 is 0 Å². The number of para-hydroxylation sites is 1. The molecule has 0 fully saturated rings. The molecule has 0 atom stereocenters. The first-order valence-corrected chi connectivity index (χ1v) is 8.47. The van der Waals surface area contributed by atoms with Gasteiger partial charge in [0.15, 0.2) is 0 Å². The molecule has 1 amide bonds. The van der Waals surface area contributed by atoms with E-state index in [4.69, 9.17) is 11.6 Å². The molecule has 1 heterocycles. The third-order valence-electron chi connectivity index (χ3n) is 3.75. The molecule has 0 saturated carbocycles. The molecular formula is C20H19ClN4O. The first-order chi connectivity index (χ1) is 12.5. The number of aromatic nitrogens is 2. The number of hydrogen-bond acceptors (Lipinski definition) is 3. The number of amides is 1. The van der Waals surface area contributed by atoms with Crippen LogP contribution in [0.15, 0.2) is 67.0 Å². The monoisotopic (exact) mass is 366 g/mol. The first kappa shape index (κ1) is 17.8. The maximum atomic E-state index is 12.1. The minimum Gasteiger partial charge on any atom is -0.376 e. The fraction of sp³-hybridized carbons (Fsp3) is 0.100. The highest BCUT2D eigenvalue weighted by Crippen LogP contribution is 2.27. The molecule has 2 aromatic carbocycles. The Morgan fingerprint density at radius 1 is 1.19 bits per heavy atom. The molecule has 0 aliphatic carbocycles. The van der Waals surface area contributed by atoms with Crippen LogP contribution in [0.25, 0.3) is 11.8 Å². The highest BCUT2D eigenvalue weighted by atomic mass is 35.5. The summed E-state index contributed by atoms with van der Waals surface area (Å²) in [5.74, 6) is -0.230. The Morgan fingerprint density at radius 2 is 1.96 bits per heavy atom. The third kappa shape index (κ3) is 4.32. The van der Waals surface area contributed by atoms with Gasteiger partial charge in [-0.2, -0.15) is 5.10 Å².